The van der Waals surface area contributed by atoms with Gasteiger partial charge in [-0.05, 0) is 49.8 Å². The largest absolute Gasteiger partial charge is 0.399 e. The van der Waals surface area contributed by atoms with Crippen molar-refractivity contribution in [3.05, 3.63) is 29.3 Å². The van der Waals surface area contributed by atoms with Crippen molar-refractivity contribution in [1.82, 2.24) is 0 Å². The number of hydrogen-bond acceptors (Lipinski definition) is 2. The Balaban J connectivity index is 1.99. The molecule has 1 aromatic rings. The fourth-order valence-electron chi connectivity index (χ4n) is 1.65. The Labute approximate surface area is 85.3 Å². The van der Waals surface area contributed by atoms with Gasteiger partial charge in [-0.15, -0.1) is 0 Å². The molecule has 1 fully saturated rings. The quantitative estimate of drug-likeness (QED) is 0.716. The van der Waals surface area contributed by atoms with Gasteiger partial charge >= 0.3 is 0 Å². The van der Waals surface area contributed by atoms with Crippen molar-refractivity contribution in [2.75, 3.05) is 5.73 Å². The Morgan fingerprint density at radius 2 is 2.07 bits per heavy atom. The Bertz CT molecular complexity index is 340. The predicted molar refractivity (Wildman–Crippen MR) is 60.1 cm³/mol. The van der Waals surface area contributed by atoms with Crippen LogP contribution in [0.5, 0.6) is 0 Å². The van der Waals surface area contributed by atoms with Crippen molar-refractivity contribution in [2.24, 2.45) is 5.73 Å². The fraction of sp³-hybridized carbons (Fsp3) is 0.500. The van der Waals surface area contributed by atoms with E-state index in [4.69, 9.17) is 11.5 Å². The molecule has 1 saturated carbocycles. The number of hydrogen-bond donors (Lipinski definition) is 2. The van der Waals surface area contributed by atoms with Crippen LogP contribution in [0, 0.1) is 6.92 Å². The molecule has 0 radical (unpaired) electrons. The highest BCUT2D eigenvalue weighted by atomic mass is 14.8. The first-order valence-electron chi connectivity index (χ1n) is 5.23. The number of nitrogen functional groups attached to an aromatic ring is 1. The van der Waals surface area contributed by atoms with Gasteiger partial charge in [0.2, 0.25) is 0 Å². The average Bonchev–Trinajstić information content (AvgIpc) is 2.87. The first kappa shape index (κ1) is 9.53. The molecule has 2 heteroatoms. The third-order valence-corrected chi connectivity index (χ3v) is 3.15. The molecule has 0 spiro atoms. The number of anilines is 1. The van der Waals surface area contributed by atoms with Crippen LogP contribution in [0.4, 0.5) is 5.69 Å². The zero-order chi connectivity index (χ0) is 10.2. The van der Waals surface area contributed by atoms with Crippen LogP contribution in [0.25, 0.3) is 0 Å². The molecule has 0 atom stereocenters. The van der Waals surface area contributed by atoms with Crippen LogP contribution < -0.4 is 11.5 Å². The van der Waals surface area contributed by atoms with Crippen LogP contribution in [0.1, 0.15) is 30.4 Å². The zero-order valence-electron chi connectivity index (χ0n) is 8.72. The number of rotatable bonds is 3. The maximum atomic E-state index is 6.03. The molecule has 0 aromatic heterocycles. The molecule has 0 unspecified atom stereocenters. The van der Waals surface area contributed by atoms with Crippen molar-refractivity contribution in [2.45, 2.75) is 38.1 Å². The Morgan fingerprint density at radius 1 is 1.36 bits per heavy atom. The molecular weight excluding hydrogens is 172 g/mol. The summed E-state index contributed by atoms with van der Waals surface area (Å²) in [5.41, 5.74) is 15.4. The lowest BCUT2D eigenvalue weighted by molar-refractivity contribution is 0.609. The minimum atomic E-state index is 0.152. The molecular formula is C12H18N2. The molecule has 14 heavy (non-hydrogen) atoms. The molecule has 4 N–H and O–H groups in total. The van der Waals surface area contributed by atoms with E-state index in [0.29, 0.717) is 0 Å². The third kappa shape index (κ3) is 2.07. The van der Waals surface area contributed by atoms with E-state index in [1.807, 2.05) is 6.92 Å². The molecule has 1 aliphatic rings. The summed E-state index contributed by atoms with van der Waals surface area (Å²) in [6.07, 6.45) is 4.53. The maximum absolute atomic E-state index is 6.03. The van der Waals surface area contributed by atoms with Crippen molar-refractivity contribution >= 4 is 5.69 Å². The monoisotopic (exact) mass is 190 g/mol. The van der Waals surface area contributed by atoms with Crippen molar-refractivity contribution in [3.8, 4) is 0 Å². The van der Waals surface area contributed by atoms with Gasteiger partial charge in [-0.25, -0.2) is 0 Å². The topological polar surface area (TPSA) is 52.0 Å². The number of nitrogens with two attached hydrogens (primary N) is 2. The lowest BCUT2D eigenvalue weighted by Crippen LogP contribution is -2.22. The van der Waals surface area contributed by atoms with Crippen LogP contribution in [-0.4, -0.2) is 5.54 Å². The van der Waals surface area contributed by atoms with E-state index in [1.54, 1.807) is 0 Å². The molecule has 1 aliphatic carbocycles. The van der Waals surface area contributed by atoms with E-state index in [1.165, 1.54) is 18.4 Å². The molecule has 2 nitrogen and oxygen atoms in total. The van der Waals surface area contributed by atoms with Gasteiger partial charge in [-0.3, -0.25) is 0 Å². The van der Waals surface area contributed by atoms with E-state index in [0.717, 1.165) is 24.1 Å². The smallest absolute Gasteiger partial charge is 0.0346 e. The van der Waals surface area contributed by atoms with E-state index in [9.17, 15) is 0 Å². The van der Waals surface area contributed by atoms with Crippen LogP contribution in [0.3, 0.4) is 0 Å². The SMILES string of the molecule is Cc1ccc(CCC2(N)CC2)cc1N. The number of benzene rings is 1. The summed E-state index contributed by atoms with van der Waals surface area (Å²) in [5.74, 6) is 0. The van der Waals surface area contributed by atoms with Crippen molar-refractivity contribution < 1.29 is 0 Å². The van der Waals surface area contributed by atoms with Gasteiger partial charge in [-0.1, -0.05) is 12.1 Å². The van der Waals surface area contributed by atoms with Crippen LogP contribution in [0.15, 0.2) is 18.2 Å². The molecule has 1 aromatic carbocycles. The van der Waals surface area contributed by atoms with Crippen LogP contribution >= 0.6 is 0 Å². The lowest BCUT2D eigenvalue weighted by Gasteiger charge is -2.09. The molecule has 0 aliphatic heterocycles. The highest BCUT2D eigenvalue weighted by molar-refractivity contribution is 5.48. The minimum absolute atomic E-state index is 0.152. The lowest BCUT2D eigenvalue weighted by atomic mass is 10.0. The highest BCUT2D eigenvalue weighted by Gasteiger charge is 2.37. The van der Waals surface area contributed by atoms with Gasteiger partial charge in [-0.2, -0.15) is 0 Å². The van der Waals surface area contributed by atoms with Crippen LogP contribution in [0.2, 0.25) is 0 Å². The van der Waals surface area contributed by atoms with Crippen molar-refractivity contribution in [3.63, 3.8) is 0 Å². The highest BCUT2D eigenvalue weighted by Crippen LogP contribution is 2.36. The third-order valence-electron chi connectivity index (χ3n) is 3.15. The second-order valence-electron chi connectivity index (χ2n) is 4.55. The molecule has 0 heterocycles. The summed E-state index contributed by atoms with van der Waals surface area (Å²) >= 11 is 0. The summed E-state index contributed by atoms with van der Waals surface area (Å²) in [6, 6.07) is 6.30. The van der Waals surface area contributed by atoms with Gasteiger partial charge in [0.25, 0.3) is 0 Å². The van der Waals surface area contributed by atoms with Gasteiger partial charge < -0.3 is 11.5 Å². The molecule has 76 valence electrons. The van der Waals surface area contributed by atoms with Crippen molar-refractivity contribution in [1.29, 1.82) is 0 Å². The Morgan fingerprint density at radius 3 is 2.64 bits per heavy atom. The predicted octanol–water partition coefficient (Wildman–Crippen LogP) is 2.00. The molecule has 2 rings (SSSR count). The van der Waals surface area contributed by atoms with E-state index >= 15 is 0 Å². The summed E-state index contributed by atoms with van der Waals surface area (Å²) < 4.78 is 0. The fourth-order valence-corrected chi connectivity index (χ4v) is 1.65. The zero-order valence-corrected chi connectivity index (χ0v) is 8.72. The Kier molecular flexibility index (Phi) is 2.23. The van der Waals surface area contributed by atoms with Crippen LogP contribution in [-0.2, 0) is 6.42 Å². The number of aryl methyl sites for hydroxylation is 2. The minimum Gasteiger partial charge on any atom is -0.399 e. The normalized spacial score (nSPS) is 18.1. The van der Waals surface area contributed by atoms with E-state index < -0.39 is 0 Å². The van der Waals surface area contributed by atoms with Gasteiger partial charge in [0.1, 0.15) is 0 Å². The summed E-state index contributed by atoms with van der Waals surface area (Å²) in [5, 5.41) is 0. The first-order chi connectivity index (χ1) is 6.59. The maximum Gasteiger partial charge on any atom is 0.0346 e. The Hall–Kier alpha value is -1.02. The standard InChI is InChI=1S/C12H18N2/c1-9-2-3-10(8-11(9)13)4-5-12(14)6-7-12/h2-3,8H,4-7,13-14H2,1H3. The van der Waals surface area contributed by atoms with E-state index in [2.05, 4.69) is 18.2 Å². The average molecular weight is 190 g/mol. The first-order valence-corrected chi connectivity index (χ1v) is 5.23. The van der Waals surface area contributed by atoms with E-state index in [-0.39, 0.29) is 5.54 Å². The summed E-state index contributed by atoms with van der Waals surface area (Å²) in [4.78, 5) is 0. The second kappa shape index (κ2) is 3.28. The molecule has 0 amide bonds. The molecule has 0 bridgehead atoms. The second-order valence-corrected chi connectivity index (χ2v) is 4.55. The van der Waals surface area contributed by atoms with Gasteiger partial charge in [0.05, 0.1) is 0 Å². The summed E-state index contributed by atoms with van der Waals surface area (Å²) in [7, 11) is 0. The van der Waals surface area contributed by atoms with Gasteiger partial charge in [0.15, 0.2) is 0 Å². The van der Waals surface area contributed by atoms with Gasteiger partial charge in [0, 0.05) is 11.2 Å². The molecule has 0 saturated heterocycles. The summed E-state index contributed by atoms with van der Waals surface area (Å²) in [6.45, 7) is 2.03.